The van der Waals surface area contributed by atoms with Crippen molar-refractivity contribution in [2.45, 2.75) is 50.9 Å². The maximum absolute atomic E-state index is 12.7. The molecule has 0 atom stereocenters. The Bertz CT molecular complexity index is 212. The number of piperidine rings is 1. The van der Waals surface area contributed by atoms with Crippen LogP contribution in [-0.2, 0) is 0 Å². The molecule has 1 aliphatic heterocycles. The summed E-state index contributed by atoms with van der Waals surface area (Å²) in [6.45, 7) is 2.24. The lowest BCUT2D eigenvalue weighted by atomic mass is 9.64. The van der Waals surface area contributed by atoms with Crippen LogP contribution in [0.25, 0.3) is 0 Å². The van der Waals surface area contributed by atoms with Gasteiger partial charge in [-0.25, -0.2) is 4.90 Å². The van der Waals surface area contributed by atoms with Gasteiger partial charge in [0.05, 0.1) is 0 Å². The third-order valence-corrected chi connectivity index (χ3v) is 3.61. The van der Waals surface area contributed by atoms with E-state index < -0.39 is 11.8 Å². The van der Waals surface area contributed by atoms with E-state index in [1.54, 1.807) is 0 Å². The Labute approximate surface area is 82.3 Å². The van der Waals surface area contributed by atoms with Gasteiger partial charge in [-0.1, -0.05) is 13.3 Å². The normalized spacial score (nSPS) is 39.9. The summed E-state index contributed by atoms with van der Waals surface area (Å²) in [7, 11) is 0. The first-order chi connectivity index (χ1) is 6.44. The van der Waals surface area contributed by atoms with Crippen LogP contribution in [0.2, 0.25) is 0 Å². The van der Waals surface area contributed by atoms with Crippen LogP contribution >= 0.6 is 0 Å². The van der Waals surface area contributed by atoms with E-state index in [1.165, 1.54) is 0 Å². The molecule has 1 saturated heterocycles. The topological polar surface area (TPSA) is 3.24 Å². The van der Waals surface area contributed by atoms with Crippen LogP contribution < -0.4 is 0 Å². The first-order valence-corrected chi connectivity index (χ1v) is 5.28. The van der Waals surface area contributed by atoms with Gasteiger partial charge in [0.2, 0.25) is 0 Å². The van der Waals surface area contributed by atoms with Gasteiger partial charge in [-0.2, -0.15) is 13.2 Å². The van der Waals surface area contributed by atoms with Crippen LogP contribution in [0.1, 0.15) is 39.0 Å². The minimum atomic E-state index is -4.12. The van der Waals surface area contributed by atoms with Crippen molar-refractivity contribution in [1.29, 1.82) is 0 Å². The summed E-state index contributed by atoms with van der Waals surface area (Å²) >= 11 is 0. The van der Waals surface area contributed by atoms with Crippen LogP contribution in [0.5, 0.6) is 0 Å². The zero-order chi connectivity index (χ0) is 10.4. The van der Waals surface area contributed by atoms with Gasteiger partial charge in [0.15, 0.2) is 0 Å². The van der Waals surface area contributed by atoms with Crippen molar-refractivity contribution < 1.29 is 13.2 Å². The lowest BCUT2D eigenvalue weighted by Gasteiger charge is -2.56. The number of likely N-dealkylation sites (tertiary alicyclic amines) is 1. The van der Waals surface area contributed by atoms with E-state index in [1.807, 2.05) is 6.92 Å². The van der Waals surface area contributed by atoms with E-state index in [0.717, 1.165) is 30.6 Å². The number of hydrogen-bond acceptors (Lipinski definition) is 1. The highest BCUT2D eigenvalue weighted by atomic mass is 19.4. The third-order valence-electron chi connectivity index (χ3n) is 3.61. The quantitative estimate of drug-likeness (QED) is 0.551. The van der Waals surface area contributed by atoms with Crippen LogP contribution in [0.3, 0.4) is 0 Å². The van der Waals surface area contributed by atoms with E-state index in [0.29, 0.717) is 12.3 Å². The molecule has 0 radical (unpaired) electrons. The highest BCUT2D eigenvalue weighted by Crippen LogP contribution is 2.51. The van der Waals surface area contributed by atoms with Crippen LogP contribution in [-0.4, -0.2) is 23.3 Å². The second kappa shape index (κ2) is 3.12. The minimum absolute atomic E-state index is 0.205. The maximum atomic E-state index is 12.7. The highest BCUT2D eigenvalue weighted by molar-refractivity contribution is 5.03. The van der Waals surface area contributed by atoms with Crippen molar-refractivity contribution in [2.24, 2.45) is 5.92 Å². The van der Waals surface area contributed by atoms with Gasteiger partial charge >= 0.3 is 6.30 Å². The molecule has 0 bridgehead atoms. The van der Waals surface area contributed by atoms with E-state index in [-0.39, 0.29) is 6.54 Å². The second-order valence-corrected chi connectivity index (χ2v) is 4.81. The maximum Gasteiger partial charge on any atom is 0.460 e. The standard InChI is InChI=1S/C10H16F3N/c1-8-6-9(7-8)4-2-3-5-14(9)10(11,12)13/h8H,2-7H2,1H3. The Morgan fingerprint density at radius 3 is 2.36 bits per heavy atom. The summed E-state index contributed by atoms with van der Waals surface area (Å²) in [6, 6.07) is 0. The molecular weight excluding hydrogens is 191 g/mol. The number of alkyl halides is 3. The molecule has 0 amide bonds. The predicted octanol–water partition coefficient (Wildman–Crippen LogP) is 3.16. The van der Waals surface area contributed by atoms with Crippen LogP contribution in [0.4, 0.5) is 13.2 Å². The lowest BCUT2D eigenvalue weighted by Crippen LogP contribution is -2.63. The Morgan fingerprint density at radius 1 is 1.21 bits per heavy atom. The van der Waals surface area contributed by atoms with Gasteiger partial charge in [0.25, 0.3) is 0 Å². The molecule has 0 N–H and O–H groups in total. The Hall–Kier alpha value is -0.250. The lowest BCUT2D eigenvalue weighted by molar-refractivity contribution is -0.300. The van der Waals surface area contributed by atoms with Crippen molar-refractivity contribution in [3.63, 3.8) is 0 Å². The van der Waals surface area contributed by atoms with E-state index in [9.17, 15) is 13.2 Å². The minimum Gasteiger partial charge on any atom is -0.209 e. The summed E-state index contributed by atoms with van der Waals surface area (Å²) in [5.74, 6) is 0.470. The monoisotopic (exact) mass is 207 g/mol. The molecular formula is C10H16F3N. The van der Waals surface area contributed by atoms with E-state index >= 15 is 0 Å². The molecule has 1 saturated carbocycles. The first-order valence-electron chi connectivity index (χ1n) is 5.28. The van der Waals surface area contributed by atoms with Crippen LogP contribution in [0, 0.1) is 5.92 Å². The van der Waals surface area contributed by atoms with Gasteiger partial charge in [-0.3, -0.25) is 0 Å². The fourth-order valence-corrected chi connectivity index (χ4v) is 3.15. The highest BCUT2D eigenvalue weighted by Gasteiger charge is 2.56. The fourth-order valence-electron chi connectivity index (χ4n) is 3.15. The molecule has 0 aromatic carbocycles. The molecule has 1 spiro atoms. The molecule has 2 aliphatic rings. The molecule has 2 fully saturated rings. The SMILES string of the molecule is CC1CC2(CCCCN2C(F)(F)F)C1. The average Bonchev–Trinajstić information content (AvgIpc) is 2.00. The Kier molecular flexibility index (Phi) is 2.29. The Morgan fingerprint density at radius 2 is 1.86 bits per heavy atom. The van der Waals surface area contributed by atoms with Crippen molar-refractivity contribution in [2.75, 3.05) is 6.54 Å². The molecule has 0 unspecified atom stereocenters. The molecule has 1 aliphatic carbocycles. The first kappa shape index (κ1) is 10.3. The summed E-state index contributed by atoms with van der Waals surface area (Å²) < 4.78 is 38.1. The van der Waals surface area contributed by atoms with Gasteiger partial charge in [-0.05, 0) is 31.6 Å². The molecule has 4 heteroatoms. The second-order valence-electron chi connectivity index (χ2n) is 4.81. The summed E-state index contributed by atoms with van der Waals surface area (Å²) in [5, 5.41) is 0. The Balaban J connectivity index is 2.13. The van der Waals surface area contributed by atoms with Gasteiger partial charge in [0.1, 0.15) is 0 Å². The van der Waals surface area contributed by atoms with Crippen molar-refractivity contribution >= 4 is 0 Å². The van der Waals surface area contributed by atoms with E-state index in [2.05, 4.69) is 0 Å². The summed E-state index contributed by atoms with van der Waals surface area (Å²) in [6.07, 6.45) is -0.286. The smallest absolute Gasteiger partial charge is 0.209 e. The predicted molar refractivity (Wildman–Crippen MR) is 47.7 cm³/mol. The fraction of sp³-hybridized carbons (Fsp3) is 1.00. The zero-order valence-corrected chi connectivity index (χ0v) is 8.40. The average molecular weight is 207 g/mol. The molecule has 14 heavy (non-hydrogen) atoms. The zero-order valence-electron chi connectivity index (χ0n) is 8.40. The van der Waals surface area contributed by atoms with Gasteiger partial charge in [0, 0.05) is 12.1 Å². The van der Waals surface area contributed by atoms with Crippen molar-refractivity contribution in [3.05, 3.63) is 0 Å². The number of hydrogen-bond donors (Lipinski definition) is 0. The largest absolute Gasteiger partial charge is 0.460 e. The number of rotatable bonds is 0. The third kappa shape index (κ3) is 1.53. The molecule has 1 heterocycles. The van der Waals surface area contributed by atoms with E-state index in [4.69, 9.17) is 0 Å². The van der Waals surface area contributed by atoms with Crippen molar-refractivity contribution in [3.8, 4) is 0 Å². The van der Waals surface area contributed by atoms with Gasteiger partial charge < -0.3 is 0 Å². The van der Waals surface area contributed by atoms with Crippen LogP contribution in [0.15, 0.2) is 0 Å². The van der Waals surface area contributed by atoms with Gasteiger partial charge in [-0.15, -0.1) is 0 Å². The number of nitrogens with zero attached hydrogens (tertiary/aromatic N) is 1. The molecule has 1 nitrogen and oxygen atoms in total. The number of halogens is 3. The molecule has 2 rings (SSSR count). The van der Waals surface area contributed by atoms with Crippen molar-refractivity contribution in [1.82, 2.24) is 4.90 Å². The molecule has 0 aromatic heterocycles. The summed E-state index contributed by atoms with van der Waals surface area (Å²) in [4.78, 5) is 0.795. The molecule has 0 aromatic rings. The summed E-state index contributed by atoms with van der Waals surface area (Å²) in [5.41, 5.74) is -0.518. The molecule has 82 valence electrons.